The summed E-state index contributed by atoms with van der Waals surface area (Å²) in [4.78, 5) is 35.3. The minimum atomic E-state index is -4.36. The first kappa shape index (κ1) is 52.0. The van der Waals surface area contributed by atoms with Gasteiger partial charge in [0.15, 0.2) is 6.10 Å². The van der Waals surface area contributed by atoms with Crippen LogP contribution in [0, 0.1) is 0 Å². The van der Waals surface area contributed by atoms with E-state index < -0.39 is 26.5 Å². The number of phosphoric ester groups is 1. The summed E-state index contributed by atoms with van der Waals surface area (Å²) in [7, 11) is 1.49. The predicted octanol–water partition coefficient (Wildman–Crippen LogP) is 12.4. The molecule has 0 fully saturated rings. The first-order valence-corrected chi connectivity index (χ1v) is 23.8. The Balaban J connectivity index is 4.31. The molecule has 0 radical (unpaired) electrons. The fourth-order valence-electron chi connectivity index (χ4n) is 6.37. The van der Waals surface area contributed by atoms with Crippen molar-refractivity contribution in [1.82, 2.24) is 0 Å². The van der Waals surface area contributed by atoms with Gasteiger partial charge in [0.25, 0.3) is 0 Å². The minimum absolute atomic E-state index is 0.0368. The first-order chi connectivity index (χ1) is 25.5. The summed E-state index contributed by atoms with van der Waals surface area (Å²) in [6.07, 6.45) is 35.7. The minimum Gasteiger partial charge on any atom is -0.462 e. The molecular weight excluding hydrogens is 689 g/mol. The average Bonchev–Trinajstić information content (AvgIpc) is 3.10. The second-order valence-corrected chi connectivity index (χ2v) is 17.9. The molecule has 0 saturated heterocycles. The van der Waals surface area contributed by atoms with Crippen molar-refractivity contribution in [2.75, 3.05) is 47.5 Å². The van der Waals surface area contributed by atoms with Crippen LogP contribution in [0.5, 0.6) is 0 Å². The zero-order chi connectivity index (χ0) is 39.3. The number of nitrogens with zero attached hydrogens (tertiary/aromatic N) is 1. The van der Waals surface area contributed by atoms with Crippen molar-refractivity contribution in [3.8, 4) is 0 Å². The Morgan fingerprint density at radius 1 is 0.509 bits per heavy atom. The van der Waals surface area contributed by atoms with Crippen LogP contribution in [0.15, 0.2) is 0 Å². The van der Waals surface area contributed by atoms with E-state index in [-0.39, 0.29) is 25.6 Å². The summed E-state index contributed by atoms with van der Waals surface area (Å²) in [6, 6.07) is 0. The third-order valence-corrected chi connectivity index (χ3v) is 10.9. The number of esters is 2. The fraction of sp³-hybridized carbons (Fsp3) is 0.953. The number of carbonyl (C=O) groups is 2. The van der Waals surface area contributed by atoms with Crippen molar-refractivity contribution in [3.63, 3.8) is 0 Å². The smallest absolute Gasteiger partial charge is 0.462 e. The molecule has 0 rings (SSSR count). The third-order valence-electron chi connectivity index (χ3n) is 9.89. The van der Waals surface area contributed by atoms with Crippen LogP contribution in [0.1, 0.15) is 213 Å². The molecule has 1 N–H and O–H groups in total. The third kappa shape index (κ3) is 40.5. The summed E-state index contributed by atoms with van der Waals surface area (Å²) in [6.45, 7) is 4.46. The van der Waals surface area contributed by atoms with Gasteiger partial charge in [0.2, 0.25) is 0 Å². The summed E-state index contributed by atoms with van der Waals surface area (Å²) >= 11 is 0. The molecule has 53 heavy (non-hydrogen) atoms. The maximum Gasteiger partial charge on any atom is 0.472 e. The molecule has 10 heteroatoms. The van der Waals surface area contributed by atoms with Crippen molar-refractivity contribution < 1.29 is 42.1 Å². The van der Waals surface area contributed by atoms with Gasteiger partial charge in [0.05, 0.1) is 27.7 Å². The maximum atomic E-state index is 12.7. The molecule has 0 aromatic carbocycles. The predicted molar refractivity (Wildman–Crippen MR) is 220 cm³/mol. The number of likely N-dealkylation sites (N-methyl/N-ethyl adjacent to an activating group) is 1. The van der Waals surface area contributed by atoms with Gasteiger partial charge in [-0.2, -0.15) is 0 Å². The highest BCUT2D eigenvalue weighted by Crippen LogP contribution is 2.43. The summed E-state index contributed by atoms with van der Waals surface area (Å²) in [5.41, 5.74) is 0. The van der Waals surface area contributed by atoms with Crippen LogP contribution in [0.3, 0.4) is 0 Å². The molecule has 0 heterocycles. The topological polar surface area (TPSA) is 108 Å². The van der Waals surface area contributed by atoms with E-state index >= 15 is 0 Å². The van der Waals surface area contributed by atoms with Crippen molar-refractivity contribution in [1.29, 1.82) is 0 Å². The molecule has 0 spiro atoms. The Labute approximate surface area is 327 Å². The van der Waals surface area contributed by atoms with E-state index in [4.69, 9.17) is 18.5 Å². The lowest BCUT2D eigenvalue weighted by molar-refractivity contribution is -0.870. The van der Waals surface area contributed by atoms with Crippen LogP contribution in [-0.4, -0.2) is 74.9 Å². The van der Waals surface area contributed by atoms with E-state index in [1.54, 1.807) is 0 Å². The molecule has 316 valence electrons. The van der Waals surface area contributed by atoms with Gasteiger partial charge >= 0.3 is 19.8 Å². The molecule has 1 unspecified atom stereocenters. The molecule has 2 atom stereocenters. The number of hydrogen-bond donors (Lipinski definition) is 1. The lowest BCUT2D eigenvalue weighted by Crippen LogP contribution is -2.37. The average molecular weight is 777 g/mol. The summed E-state index contributed by atoms with van der Waals surface area (Å²) < 4.78 is 34.3. The number of unbranched alkanes of at least 4 members (excludes halogenated alkanes) is 27. The zero-order valence-electron chi connectivity index (χ0n) is 35.5. The summed E-state index contributed by atoms with van der Waals surface area (Å²) in [5, 5.41) is 0. The Hall–Kier alpha value is -0.990. The van der Waals surface area contributed by atoms with E-state index in [1.807, 2.05) is 21.1 Å². The number of hydrogen-bond acceptors (Lipinski definition) is 7. The molecule has 0 aromatic heterocycles. The van der Waals surface area contributed by atoms with Gasteiger partial charge in [0, 0.05) is 12.8 Å². The van der Waals surface area contributed by atoms with Crippen molar-refractivity contribution >= 4 is 19.8 Å². The normalized spacial score (nSPS) is 13.5. The maximum absolute atomic E-state index is 12.7. The lowest BCUT2D eigenvalue weighted by Gasteiger charge is -2.24. The molecule has 0 aromatic rings. The van der Waals surface area contributed by atoms with E-state index in [1.165, 1.54) is 148 Å². The molecular formula is C43H87NO8P+. The highest BCUT2D eigenvalue weighted by Gasteiger charge is 2.27. The van der Waals surface area contributed by atoms with Gasteiger partial charge in [-0.15, -0.1) is 0 Å². The lowest BCUT2D eigenvalue weighted by atomic mass is 10.0. The Kier molecular flexibility index (Phi) is 36.0. The summed E-state index contributed by atoms with van der Waals surface area (Å²) in [5.74, 6) is -0.784. The molecule has 0 aliphatic carbocycles. The monoisotopic (exact) mass is 777 g/mol. The molecule has 0 bridgehead atoms. The highest BCUT2D eigenvalue weighted by molar-refractivity contribution is 7.47. The Morgan fingerprint density at radius 3 is 1.21 bits per heavy atom. The van der Waals surface area contributed by atoms with E-state index in [2.05, 4.69) is 13.8 Å². The van der Waals surface area contributed by atoms with E-state index in [0.29, 0.717) is 17.4 Å². The number of phosphoric acid groups is 1. The Bertz CT molecular complexity index is 881. The van der Waals surface area contributed by atoms with Crippen LogP contribution in [0.2, 0.25) is 0 Å². The van der Waals surface area contributed by atoms with Gasteiger partial charge in [-0.05, 0) is 12.8 Å². The number of rotatable bonds is 41. The molecule has 0 saturated carbocycles. The Morgan fingerprint density at radius 2 is 0.849 bits per heavy atom. The molecule has 0 aliphatic rings. The van der Waals surface area contributed by atoms with Crippen LogP contribution in [0.4, 0.5) is 0 Å². The number of carbonyl (C=O) groups excluding carboxylic acids is 2. The van der Waals surface area contributed by atoms with Gasteiger partial charge < -0.3 is 18.9 Å². The van der Waals surface area contributed by atoms with Gasteiger partial charge in [0.1, 0.15) is 19.8 Å². The van der Waals surface area contributed by atoms with Gasteiger partial charge in [-0.1, -0.05) is 187 Å². The van der Waals surface area contributed by atoms with Gasteiger partial charge in [-0.25, -0.2) is 4.57 Å². The van der Waals surface area contributed by atoms with Crippen LogP contribution < -0.4 is 0 Å². The van der Waals surface area contributed by atoms with Crippen LogP contribution in [0.25, 0.3) is 0 Å². The highest BCUT2D eigenvalue weighted by atomic mass is 31.2. The molecule has 0 aliphatic heterocycles. The van der Waals surface area contributed by atoms with Crippen LogP contribution in [-0.2, 0) is 32.7 Å². The van der Waals surface area contributed by atoms with E-state index in [9.17, 15) is 19.0 Å². The molecule has 0 amide bonds. The second kappa shape index (κ2) is 36.6. The van der Waals surface area contributed by atoms with E-state index in [0.717, 1.165) is 38.5 Å². The van der Waals surface area contributed by atoms with Crippen molar-refractivity contribution in [2.24, 2.45) is 0 Å². The van der Waals surface area contributed by atoms with Gasteiger partial charge in [-0.3, -0.25) is 18.6 Å². The second-order valence-electron chi connectivity index (χ2n) is 16.5. The number of ether oxygens (including phenoxy) is 2. The zero-order valence-corrected chi connectivity index (χ0v) is 36.4. The van der Waals surface area contributed by atoms with Crippen molar-refractivity contribution in [3.05, 3.63) is 0 Å². The fourth-order valence-corrected chi connectivity index (χ4v) is 7.11. The quantitative estimate of drug-likeness (QED) is 0.0283. The largest absolute Gasteiger partial charge is 0.472 e. The van der Waals surface area contributed by atoms with Crippen LogP contribution >= 0.6 is 7.82 Å². The SMILES string of the molecule is CCCCCCCCCCCCCCCCCCC(=O)O[C@H](COC(=O)CCCCCCCCCCCCCCC)COP(=O)(O)OCC[N+](C)(C)C. The molecule has 9 nitrogen and oxygen atoms in total. The number of quaternary nitrogens is 1. The standard InChI is InChI=1S/C43H86NO8P/c1-6-8-10-12-14-16-18-20-21-22-24-26-28-30-32-34-36-43(46)52-41(40-51-53(47,48)50-38-37-44(3,4)5)39-49-42(45)35-33-31-29-27-25-23-19-17-15-13-11-9-7-2/h41H,6-40H2,1-5H3/p+1/t41-/m1/s1. The van der Waals surface area contributed by atoms with Crippen molar-refractivity contribution in [2.45, 2.75) is 219 Å². The first-order valence-electron chi connectivity index (χ1n) is 22.3.